The van der Waals surface area contributed by atoms with E-state index in [9.17, 15) is 17.6 Å². The van der Waals surface area contributed by atoms with Crippen molar-refractivity contribution in [3.05, 3.63) is 29.6 Å². The molecule has 0 saturated carbocycles. The summed E-state index contributed by atoms with van der Waals surface area (Å²) in [6.07, 6.45) is -5.37. The highest BCUT2D eigenvalue weighted by Crippen LogP contribution is 2.21. The van der Waals surface area contributed by atoms with Crippen molar-refractivity contribution < 1.29 is 22.3 Å². The number of halogens is 4. The SMILES string of the molecule is NCC#Cc1ccc(OCCC(F)(F)F)cc1F. The van der Waals surface area contributed by atoms with Crippen LogP contribution < -0.4 is 10.5 Å². The van der Waals surface area contributed by atoms with Crippen LogP contribution in [0.4, 0.5) is 17.6 Å². The van der Waals surface area contributed by atoms with Crippen molar-refractivity contribution in [2.24, 2.45) is 5.73 Å². The lowest BCUT2D eigenvalue weighted by molar-refractivity contribution is -0.139. The van der Waals surface area contributed by atoms with Gasteiger partial charge in [0.2, 0.25) is 0 Å². The summed E-state index contributed by atoms with van der Waals surface area (Å²) in [4.78, 5) is 0. The van der Waals surface area contributed by atoms with E-state index in [1.807, 2.05) is 0 Å². The zero-order chi connectivity index (χ0) is 13.6. The quantitative estimate of drug-likeness (QED) is 0.670. The molecule has 1 rings (SSSR count). The van der Waals surface area contributed by atoms with Crippen molar-refractivity contribution in [2.45, 2.75) is 12.6 Å². The molecule has 0 spiro atoms. The molecule has 18 heavy (non-hydrogen) atoms. The molecule has 0 aromatic heterocycles. The predicted molar refractivity (Wildman–Crippen MR) is 58.5 cm³/mol. The first-order chi connectivity index (χ1) is 8.42. The van der Waals surface area contributed by atoms with Gasteiger partial charge in [0.25, 0.3) is 0 Å². The van der Waals surface area contributed by atoms with Gasteiger partial charge in [-0.25, -0.2) is 4.39 Å². The lowest BCUT2D eigenvalue weighted by Gasteiger charge is -2.08. The molecule has 6 heteroatoms. The number of ether oxygens (including phenoxy) is 1. The highest BCUT2D eigenvalue weighted by Gasteiger charge is 2.26. The number of hydrogen-bond donors (Lipinski definition) is 1. The molecule has 0 amide bonds. The van der Waals surface area contributed by atoms with Crippen LogP contribution in [0.5, 0.6) is 5.75 Å². The van der Waals surface area contributed by atoms with E-state index < -0.39 is 25.0 Å². The summed E-state index contributed by atoms with van der Waals surface area (Å²) in [5.74, 6) is 4.36. The smallest absolute Gasteiger partial charge is 0.392 e. The Balaban J connectivity index is 2.62. The highest BCUT2D eigenvalue weighted by atomic mass is 19.4. The maximum absolute atomic E-state index is 13.4. The summed E-state index contributed by atoms with van der Waals surface area (Å²) >= 11 is 0. The van der Waals surface area contributed by atoms with Crippen molar-refractivity contribution in [3.8, 4) is 17.6 Å². The van der Waals surface area contributed by atoms with Crippen LogP contribution in [-0.2, 0) is 0 Å². The van der Waals surface area contributed by atoms with Gasteiger partial charge in [0, 0.05) is 6.07 Å². The van der Waals surface area contributed by atoms with Gasteiger partial charge in [0.15, 0.2) is 0 Å². The maximum atomic E-state index is 13.4. The average Bonchev–Trinajstić information content (AvgIpc) is 2.26. The number of rotatable bonds is 3. The third-order valence-electron chi connectivity index (χ3n) is 1.92. The van der Waals surface area contributed by atoms with Crippen LogP contribution in [0.3, 0.4) is 0 Å². The number of nitrogens with two attached hydrogens (primary N) is 1. The van der Waals surface area contributed by atoms with Crippen molar-refractivity contribution in [1.82, 2.24) is 0 Å². The summed E-state index contributed by atoms with van der Waals surface area (Å²) in [7, 11) is 0. The van der Waals surface area contributed by atoms with Gasteiger partial charge in [-0.3, -0.25) is 0 Å². The number of hydrogen-bond acceptors (Lipinski definition) is 2. The van der Waals surface area contributed by atoms with Crippen LogP contribution in [0, 0.1) is 17.7 Å². The minimum Gasteiger partial charge on any atom is -0.493 e. The molecule has 0 radical (unpaired) electrons. The average molecular weight is 261 g/mol. The highest BCUT2D eigenvalue weighted by molar-refractivity contribution is 5.39. The van der Waals surface area contributed by atoms with Crippen molar-refractivity contribution >= 4 is 0 Å². The molecule has 0 saturated heterocycles. The number of alkyl halides is 3. The molecule has 0 aliphatic heterocycles. The Bertz CT molecular complexity index is 459. The lowest BCUT2D eigenvalue weighted by atomic mass is 10.2. The van der Waals surface area contributed by atoms with Gasteiger partial charge < -0.3 is 10.5 Å². The van der Waals surface area contributed by atoms with Gasteiger partial charge in [-0.1, -0.05) is 11.8 Å². The second kappa shape index (κ2) is 6.26. The predicted octanol–water partition coefficient (Wildman–Crippen LogP) is 2.47. The minimum absolute atomic E-state index is 0.0371. The van der Waals surface area contributed by atoms with Crippen molar-refractivity contribution in [3.63, 3.8) is 0 Å². The Morgan fingerprint density at radius 1 is 1.28 bits per heavy atom. The van der Waals surface area contributed by atoms with Crippen LogP contribution in [0.1, 0.15) is 12.0 Å². The van der Waals surface area contributed by atoms with E-state index in [-0.39, 0.29) is 17.9 Å². The molecule has 0 aliphatic rings. The second-order valence-corrected chi connectivity index (χ2v) is 3.36. The van der Waals surface area contributed by atoms with E-state index in [2.05, 4.69) is 11.8 Å². The monoisotopic (exact) mass is 261 g/mol. The first-order valence-electron chi connectivity index (χ1n) is 5.10. The van der Waals surface area contributed by atoms with Crippen LogP contribution in [0.25, 0.3) is 0 Å². The molecule has 0 unspecified atom stereocenters. The molecule has 2 nitrogen and oxygen atoms in total. The second-order valence-electron chi connectivity index (χ2n) is 3.36. The Labute approximate surface area is 102 Å². The van der Waals surface area contributed by atoms with Crippen molar-refractivity contribution in [2.75, 3.05) is 13.2 Å². The standard InChI is InChI=1S/C12H11F4NO/c13-11-8-10(18-7-5-12(14,15)16)4-3-9(11)2-1-6-17/h3-4,8H,5-7,17H2. The molecule has 0 atom stereocenters. The number of benzene rings is 1. The first kappa shape index (κ1) is 14.3. The largest absolute Gasteiger partial charge is 0.493 e. The summed E-state index contributed by atoms with van der Waals surface area (Å²) < 4.78 is 53.7. The fourth-order valence-corrected chi connectivity index (χ4v) is 1.12. The lowest BCUT2D eigenvalue weighted by Crippen LogP contribution is -2.13. The van der Waals surface area contributed by atoms with Gasteiger partial charge >= 0.3 is 6.18 Å². The van der Waals surface area contributed by atoms with E-state index in [1.54, 1.807) is 0 Å². The van der Waals surface area contributed by atoms with E-state index >= 15 is 0 Å². The van der Waals surface area contributed by atoms with Crippen LogP contribution in [0.2, 0.25) is 0 Å². The maximum Gasteiger partial charge on any atom is 0.392 e. The summed E-state index contributed by atoms with van der Waals surface area (Å²) in [5, 5.41) is 0. The van der Waals surface area contributed by atoms with Gasteiger partial charge in [-0.05, 0) is 12.1 Å². The Morgan fingerprint density at radius 3 is 2.56 bits per heavy atom. The van der Waals surface area contributed by atoms with Crippen molar-refractivity contribution in [1.29, 1.82) is 0 Å². The Hall–Kier alpha value is -1.74. The van der Waals surface area contributed by atoms with Crippen LogP contribution >= 0.6 is 0 Å². The van der Waals surface area contributed by atoms with Crippen LogP contribution in [0.15, 0.2) is 18.2 Å². The normalized spacial score (nSPS) is 10.7. The van der Waals surface area contributed by atoms with E-state index in [4.69, 9.17) is 10.5 Å². The summed E-state index contributed by atoms with van der Waals surface area (Å²) in [6.45, 7) is -0.444. The minimum atomic E-state index is -4.29. The molecule has 0 fully saturated rings. The molecular weight excluding hydrogens is 250 g/mol. The molecule has 1 aromatic carbocycles. The third-order valence-corrected chi connectivity index (χ3v) is 1.92. The zero-order valence-electron chi connectivity index (χ0n) is 9.35. The summed E-state index contributed by atoms with van der Waals surface area (Å²) in [6, 6.07) is 3.69. The Kier molecular flexibility index (Phi) is 4.98. The zero-order valence-corrected chi connectivity index (χ0v) is 9.35. The summed E-state index contributed by atoms with van der Waals surface area (Å²) in [5.41, 5.74) is 5.26. The van der Waals surface area contributed by atoms with E-state index in [1.165, 1.54) is 12.1 Å². The Morgan fingerprint density at radius 2 is 2.00 bits per heavy atom. The third kappa shape index (κ3) is 5.06. The van der Waals surface area contributed by atoms with Gasteiger partial charge in [0.1, 0.15) is 11.6 Å². The molecule has 98 valence electrons. The van der Waals surface area contributed by atoms with E-state index in [0.717, 1.165) is 6.07 Å². The molecule has 2 N–H and O–H groups in total. The molecule has 1 aromatic rings. The van der Waals surface area contributed by atoms with Gasteiger partial charge in [-0.2, -0.15) is 13.2 Å². The van der Waals surface area contributed by atoms with Gasteiger partial charge in [0.05, 0.1) is 25.1 Å². The first-order valence-corrected chi connectivity index (χ1v) is 5.10. The molecule has 0 aliphatic carbocycles. The van der Waals surface area contributed by atoms with E-state index in [0.29, 0.717) is 0 Å². The van der Waals surface area contributed by atoms with Crippen LogP contribution in [-0.4, -0.2) is 19.3 Å². The van der Waals surface area contributed by atoms with Gasteiger partial charge in [-0.15, -0.1) is 0 Å². The molecule has 0 heterocycles. The fraction of sp³-hybridized carbons (Fsp3) is 0.333. The fourth-order valence-electron chi connectivity index (χ4n) is 1.12. The topological polar surface area (TPSA) is 35.2 Å². The molecular formula is C12H11F4NO. The molecule has 0 bridgehead atoms.